The minimum Gasteiger partial charge on any atom is -0.443 e. The van der Waals surface area contributed by atoms with E-state index in [4.69, 9.17) is 4.42 Å². The largest absolute Gasteiger partial charge is 0.443 e. The van der Waals surface area contributed by atoms with E-state index in [0.29, 0.717) is 11.8 Å². The topological polar surface area (TPSA) is 58.3 Å². The summed E-state index contributed by atoms with van der Waals surface area (Å²) in [7, 11) is 0. The Bertz CT molecular complexity index is 290. The van der Waals surface area contributed by atoms with E-state index >= 15 is 0 Å². The van der Waals surface area contributed by atoms with Crippen LogP contribution in [0.3, 0.4) is 0 Å². The Morgan fingerprint density at radius 3 is 3.21 bits per heavy atom. The molecule has 1 aliphatic rings. The molecule has 1 aromatic heterocycles. The van der Waals surface area contributed by atoms with E-state index in [1.807, 2.05) is 0 Å². The van der Waals surface area contributed by atoms with Crippen LogP contribution < -0.4 is 5.32 Å². The highest BCUT2D eigenvalue weighted by atomic mass is 16.4. The fourth-order valence-electron chi connectivity index (χ4n) is 1.75. The van der Waals surface area contributed by atoms with Gasteiger partial charge in [0, 0.05) is 12.5 Å². The number of nitrogens with one attached hydrogen (secondary N) is 1. The van der Waals surface area contributed by atoms with E-state index < -0.39 is 6.10 Å². The van der Waals surface area contributed by atoms with Gasteiger partial charge in [-0.15, -0.1) is 0 Å². The maximum atomic E-state index is 9.25. The average molecular weight is 196 g/mol. The molecule has 0 radical (unpaired) electrons. The van der Waals surface area contributed by atoms with Gasteiger partial charge in [0.2, 0.25) is 0 Å². The third-order valence-electron chi connectivity index (χ3n) is 2.57. The lowest BCUT2D eigenvalue weighted by Crippen LogP contribution is -2.23. The molecule has 2 rings (SSSR count). The highest BCUT2D eigenvalue weighted by molar-refractivity contribution is 4.98. The molecule has 78 valence electrons. The Balaban J connectivity index is 1.95. The van der Waals surface area contributed by atoms with Gasteiger partial charge in [0.05, 0.1) is 6.20 Å². The van der Waals surface area contributed by atoms with Crippen LogP contribution in [0.15, 0.2) is 10.6 Å². The molecular formula is C10H16N2O2. The van der Waals surface area contributed by atoms with E-state index in [2.05, 4.69) is 10.3 Å². The highest BCUT2D eigenvalue weighted by Gasteiger charge is 2.17. The second-order valence-corrected chi connectivity index (χ2v) is 3.83. The minimum atomic E-state index is -0.562. The SMILES string of the molecule is CC(O)c1cnc(CC2CCCN2)o1. The van der Waals surface area contributed by atoms with E-state index in [1.165, 1.54) is 12.8 Å². The van der Waals surface area contributed by atoms with E-state index in [0.717, 1.165) is 18.9 Å². The zero-order chi connectivity index (χ0) is 9.97. The second kappa shape index (κ2) is 4.11. The van der Waals surface area contributed by atoms with Crippen LogP contribution in [-0.4, -0.2) is 22.7 Å². The molecule has 2 heterocycles. The second-order valence-electron chi connectivity index (χ2n) is 3.83. The van der Waals surface area contributed by atoms with Gasteiger partial charge in [-0.25, -0.2) is 4.98 Å². The maximum Gasteiger partial charge on any atom is 0.196 e. The van der Waals surface area contributed by atoms with Crippen LogP contribution in [0, 0.1) is 0 Å². The lowest BCUT2D eigenvalue weighted by Gasteiger charge is -2.05. The van der Waals surface area contributed by atoms with Crippen molar-refractivity contribution >= 4 is 0 Å². The monoisotopic (exact) mass is 196 g/mol. The molecule has 0 amide bonds. The summed E-state index contributed by atoms with van der Waals surface area (Å²) in [5, 5.41) is 12.6. The van der Waals surface area contributed by atoms with Gasteiger partial charge in [-0.05, 0) is 26.3 Å². The number of nitrogens with zero attached hydrogens (tertiary/aromatic N) is 1. The predicted octanol–water partition coefficient (Wildman–Crippen LogP) is 1.02. The average Bonchev–Trinajstić information content (AvgIpc) is 2.75. The molecule has 1 aromatic rings. The van der Waals surface area contributed by atoms with Crippen LogP contribution in [0.4, 0.5) is 0 Å². The summed E-state index contributed by atoms with van der Waals surface area (Å²) in [6.07, 6.45) is 4.29. The summed E-state index contributed by atoms with van der Waals surface area (Å²) in [4.78, 5) is 4.13. The van der Waals surface area contributed by atoms with Crippen molar-refractivity contribution in [3.8, 4) is 0 Å². The van der Waals surface area contributed by atoms with Crippen molar-refractivity contribution in [1.82, 2.24) is 10.3 Å². The van der Waals surface area contributed by atoms with Crippen LogP contribution in [-0.2, 0) is 6.42 Å². The quantitative estimate of drug-likeness (QED) is 0.758. The fraction of sp³-hybridized carbons (Fsp3) is 0.700. The van der Waals surface area contributed by atoms with E-state index in [1.54, 1.807) is 13.1 Å². The predicted molar refractivity (Wildman–Crippen MR) is 51.9 cm³/mol. The molecule has 0 bridgehead atoms. The highest BCUT2D eigenvalue weighted by Crippen LogP contribution is 2.16. The third-order valence-corrected chi connectivity index (χ3v) is 2.57. The number of aromatic nitrogens is 1. The molecule has 0 saturated carbocycles. The first-order valence-corrected chi connectivity index (χ1v) is 5.12. The molecule has 4 nitrogen and oxygen atoms in total. The molecule has 0 aromatic carbocycles. The van der Waals surface area contributed by atoms with Crippen molar-refractivity contribution < 1.29 is 9.52 Å². The van der Waals surface area contributed by atoms with E-state index in [-0.39, 0.29) is 0 Å². The number of aliphatic hydroxyl groups is 1. The van der Waals surface area contributed by atoms with Gasteiger partial charge in [-0.2, -0.15) is 0 Å². The summed E-state index contributed by atoms with van der Waals surface area (Å²) in [5.41, 5.74) is 0. The molecule has 2 atom stereocenters. The Morgan fingerprint density at radius 1 is 1.79 bits per heavy atom. The number of hydrogen-bond acceptors (Lipinski definition) is 4. The Labute approximate surface area is 83.3 Å². The molecular weight excluding hydrogens is 180 g/mol. The van der Waals surface area contributed by atoms with Crippen molar-refractivity contribution in [3.05, 3.63) is 17.8 Å². The first-order valence-electron chi connectivity index (χ1n) is 5.12. The van der Waals surface area contributed by atoms with Crippen molar-refractivity contribution in [2.75, 3.05) is 6.54 Å². The zero-order valence-corrected chi connectivity index (χ0v) is 8.36. The first-order chi connectivity index (χ1) is 6.75. The van der Waals surface area contributed by atoms with Crippen LogP contribution in [0.1, 0.15) is 37.5 Å². The third kappa shape index (κ3) is 2.13. The smallest absolute Gasteiger partial charge is 0.196 e. The van der Waals surface area contributed by atoms with Gasteiger partial charge in [0.15, 0.2) is 11.7 Å². The van der Waals surface area contributed by atoms with Crippen molar-refractivity contribution in [3.63, 3.8) is 0 Å². The molecule has 14 heavy (non-hydrogen) atoms. The molecule has 1 saturated heterocycles. The summed E-state index contributed by atoms with van der Waals surface area (Å²) >= 11 is 0. The van der Waals surface area contributed by atoms with Gasteiger partial charge in [0.1, 0.15) is 6.10 Å². The maximum absolute atomic E-state index is 9.25. The summed E-state index contributed by atoms with van der Waals surface area (Å²) in [6.45, 7) is 2.77. The zero-order valence-electron chi connectivity index (χ0n) is 8.36. The minimum absolute atomic E-state index is 0.496. The molecule has 4 heteroatoms. The van der Waals surface area contributed by atoms with Crippen molar-refractivity contribution in [2.24, 2.45) is 0 Å². The Morgan fingerprint density at radius 2 is 2.64 bits per heavy atom. The van der Waals surface area contributed by atoms with E-state index in [9.17, 15) is 5.11 Å². The summed E-state index contributed by atoms with van der Waals surface area (Å²) < 4.78 is 5.41. The molecule has 2 unspecified atom stereocenters. The molecule has 0 aliphatic carbocycles. The first kappa shape index (κ1) is 9.68. The van der Waals surface area contributed by atoms with Crippen LogP contribution >= 0.6 is 0 Å². The van der Waals surface area contributed by atoms with Crippen LogP contribution in [0.25, 0.3) is 0 Å². The van der Waals surface area contributed by atoms with Gasteiger partial charge in [0.25, 0.3) is 0 Å². The standard InChI is InChI=1S/C10H16N2O2/c1-7(13)9-6-12-10(14-9)5-8-3-2-4-11-8/h6-8,11,13H,2-5H2,1H3. The number of oxazole rings is 1. The van der Waals surface area contributed by atoms with Crippen LogP contribution in [0.5, 0.6) is 0 Å². The number of rotatable bonds is 3. The van der Waals surface area contributed by atoms with Crippen molar-refractivity contribution in [2.45, 2.75) is 38.3 Å². The molecule has 0 spiro atoms. The van der Waals surface area contributed by atoms with Gasteiger partial charge in [-0.1, -0.05) is 0 Å². The lowest BCUT2D eigenvalue weighted by molar-refractivity contribution is 0.166. The Hall–Kier alpha value is -0.870. The Kier molecular flexibility index (Phi) is 2.84. The summed E-state index contributed by atoms with van der Waals surface area (Å²) in [5.74, 6) is 1.28. The number of aliphatic hydroxyl groups excluding tert-OH is 1. The lowest BCUT2D eigenvalue weighted by atomic mass is 10.2. The number of hydrogen-bond donors (Lipinski definition) is 2. The summed E-state index contributed by atoms with van der Waals surface area (Å²) in [6, 6.07) is 0.496. The van der Waals surface area contributed by atoms with Crippen molar-refractivity contribution in [1.29, 1.82) is 0 Å². The fourth-order valence-corrected chi connectivity index (χ4v) is 1.75. The van der Waals surface area contributed by atoms with Gasteiger partial charge < -0.3 is 14.8 Å². The van der Waals surface area contributed by atoms with Gasteiger partial charge >= 0.3 is 0 Å². The van der Waals surface area contributed by atoms with Crippen LogP contribution in [0.2, 0.25) is 0 Å². The normalized spacial score (nSPS) is 24.0. The molecule has 1 fully saturated rings. The van der Waals surface area contributed by atoms with Gasteiger partial charge in [-0.3, -0.25) is 0 Å². The molecule has 1 aliphatic heterocycles. The molecule has 2 N–H and O–H groups in total.